The number of nitrogens with one attached hydrogen (secondary N) is 1. The summed E-state index contributed by atoms with van der Waals surface area (Å²) in [4.78, 5) is 8.68. The molecule has 0 aliphatic heterocycles. The summed E-state index contributed by atoms with van der Waals surface area (Å²) in [6.45, 7) is 0.974. The monoisotopic (exact) mass is 237 g/mol. The maximum Gasteiger partial charge on any atom is 0.185 e. The number of anilines is 1. The van der Waals surface area contributed by atoms with Crippen molar-refractivity contribution in [2.24, 2.45) is 0 Å². The molecule has 2 aliphatic rings. The van der Waals surface area contributed by atoms with E-state index in [1.165, 1.54) is 41.4 Å². The van der Waals surface area contributed by atoms with E-state index in [9.17, 15) is 0 Å². The van der Waals surface area contributed by atoms with Crippen molar-refractivity contribution in [3.8, 4) is 0 Å². The molecule has 2 aliphatic carbocycles. The van der Waals surface area contributed by atoms with E-state index in [2.05, 4.69) is 17.3 Å². The van der Waals surface area contributed by atoms with Gasteiger partial charge in [0, 0.05) is 30.4 Å². The van der Waals surface area contributed by atoms with Gasteiger partial charge in [-0.3, -0.25) is 0 Å². The van der Waals surface area contributed by atoms with Crippen molar-refractivity contribution in [1.82, 2.24) is 10.3 Å². The van der Waals surface area contributed by atoms with Crippen molar-refractivity contribution in [1.29, 1.82) is 0 Å². The molecule has 1 heterocycles. The Hall–Kier alpha value is -0.610. The normalized spacial score (nSPS) is 20.1. The minimum atomic E-state index is 0.764. The summed E-state index contributed by atoms with van der Waals surface area (Å²) in [6.07, 6.45) is 5.37. The lowest BCUT2D eigenvalue weighted by atomic mass is 10.2. The van der Waals surface area contributed by atoms with Gasteiger partial charge < -0.3 is 10.2 Å². The van der Waals surface area contributed by atoms with Crippen molar-refractivity contribution in [3.63, 3.8) is 0 Å². The molecule has 0 saturated heterocycles. The van der Waals surface area contributed by atoms with Gasteiger partial charge in [0.25, 0.3) is 0 Å². The van der Waals surface area contributed by atoms with Gasteiger partial charge in [0.15, 0.2) is 5.13 Å². The molecule has 0 amide bonds. The molecule has 0 spiro atoms. The smallest absolute Gasteiger partial charge is 0.185 e. The van der Waals surface area contributed by atoms with Gasteiger partial charge in [-0.25, -0.2) is 4.98 Å². The summed E-state index contributed by atoms with van der Waals surface area (Å²) in [5.74, 6) is 0.765. The van der Waals surface area contributed by atoms with Crippen LogP contribution in [-0.2, 0) is 6.54 Å². The molecule has 0 bridgehead atoms. The van der Waals surface area contributed by atoms with Crippen molar-refractivity contribution in [2.45, 2.75) is 44.2 Å². The lowest BCUT2D eigenvalue weighted by Gasteiger charge is -2.13. The third-order valence-electron chi connectivity index (χ3n) is 3.41. The molecule has 4 heteroatoms. The third kappa shape index (κ3) is 1.96. The van der Waals surface area contributed by atoms with Gasteiger partial charge in [-0.1, -0.05) is 0 Å². The molecule has 0 radical (unpaired) electrons. The molecule has 16 heavy (non-hydrogen) atoms. The molecule has 3 nitrogen and oxygen atoms in total. The summed E-state index contributed by atoms with van der Waals surface area (Å²) >= 11 is 1.88. The van der Waals surface area contributed by atoms with Crippen molar-refractivity contribution in [3.05, 3.63) is 10.6 Å². The minimum Gasteiger partial charge on any atom is -0.348 e. The predicted molar refractivity (Wildman–Crippen MR) is 68.3 cm³/mol. The van der Waals surface area contributed by atoms with Crippen LogP contribution in [-0.4, -0.2) is 25.1 Å². The van der Waals surface area contributed by atoms with Crippen LogP contribution in [0.25, 0.3) is 0 Å². The number of hydrogen-bond acceptors (Lipinski definition) is 4. The van der Waals surface area contributed by atoms with E-state index in [1.807, 2.05) is 18.4 Å². The minimum absolute atomic E-state index is 0.764. The first-order chi connectivity index (χ1) is 7.79. The largest absolute Gasteiger partial charge is 0.348 e. The lowest BCUT2D eigenvalue weighted by Crippen LogP contribution is -2.18. The molecular formula is C12H19N3S. The molecule has 2 saturated carbocycles. The van der Waals surface area contributed by atoms with Crippen molar-refractivity contribution < 1.29 is 0 Å². The Morgan fingerprint density at radius 3 is 2.69 bits per heavy atom. The van der Waals surface area contributed by atoms with Gasteiger partial charge in [-0.05, 0) is 32.7 Å². The van der Waals surface area contributed by atoms with E-state index in [1.54, 1.807) is 0 Å². The Balaban J connectivity index is 1.84. The molecule has 1 aromatic rings. The number of rotatable bonds is 5. The zero-order valence-electron chi connectivity index (χ0n) is 9.99. The van der Waals surface area contributed by atoms with Gasteiger partial charge >= 0.3 is 0 Å². The fraction of sp³-hybridized carbons (Fsp3) is 0.750. The van der Waals surface area contributed by atoms with Gasteiger partial charge in [-0.2, -0.15) is 0 Å². The standard InChI is InChI=1S/C12H19N3S/c1-13-7-10-11(8-3-4-8)14-12(16-10)15(2)9-5-6-9/h8-9,13H,3-7H2,1-2H3. The van der Waals surface area contributed by atoms with Crippen LogP contribution in [0.5, 0.6) is 0 Å². The highest BCUT2D eigenvalue weighted by molar-refractivity contribution is 7.15. The van der Waals surface area contributed by atoms with E-state index in [0.717, 1.165) is 18.5 Å². The van der Waals surface area contributed by atoms with Crippen LogP contribution in [0.15, 0.2) is 0 Å². The SMILES string of the molecule is CNCc1sc(N(C)C2CC2)nc1C1CC1. The number of aromatic nitrogens is 1. The molecule has 88 valence electrons. The summed E-state index contributed by atoms with van der Waals surface area (Å²) in [5, 5.41) is 4.49. The second-order valence-electron chi connectivity index (χ2n) is 4.95. The Kier molecular flexibility index (Phi) is 2.64. The second-order valence-corrected chi connectivity index (χ2v) is 6.01. The Bertz CT molecular complexity index is 380. The Morgan fingerprint density at radius 1 is 1.38 bits per heavy atom. The van der Waals surface area contributed by atoms with Crippen LogP contribution in [0, 0.1) is 0 Å². The molecule has 2 fully saturated rings. The molecular weight excluding hydrogens is 218 g/mol. The van der Waals surface area contributed by atoms with Crippen molar-refractivity contribution >= 4 is 16.5 Å². The van der Waals surface area contributed by atoms with Crippen LogP contribution < -0.4 is 10.2 Å². The first-order valence-electron chi connectivity index (χ1n) is 6.16. The third-order valence-corrected chi connectivity index (χ3v) is 4.58. The highest BCUT2D eigenvalue weighted by Crippen LogP contribution is 2.45. The fourth-order valence-electron chi connectivity index (χ4n) is 2.08. The first kappa shape index (κ1) is 10.5. The van der Waals surface area contributed by atoms with E-state index in [-0.39, 0.29) is 0 Å². The summed E-state index contributed by atoms with van der Waals surface area (Å²) in [7, 11) is 4.21. The highest BCUT2D eigenvalue weighted by atomic mass is 32.1. The van der Waals surface area contributed by atoms with Crippen LogP contribution in [0.1, 0.15) is 42.2 Å². The zero-order valence-corrected chi connectivity index (χ0v) is 10.8. The lowest BCUT2D eigenvalue weighted by molar-refractivity contribution is 0.811. The molecule has 0 unspecified atom stereocenters. The maximum atomic E-state index is 4.86. The topological polar surface area (TPSA) is 28.2 Å². The summed E-state index contributed by atoms with van der Waals surface area (Å²) in [5.41, 5.74) is 1.38. The van der Waals surface area contributed by atoms with Crippen LogP contribution in [0.4, 0.5) is 5.13 Å². The van der Waals surface area contributed by atoms with Gasteiger partial charge in [-0.15, -0.1) is 11.3 Å². The summed E-state index contributed by atoms with van der Waals surface area (Å²) in [6, 6.07) is 0.764. The first-order valence-corrected chi connectivity index (χ1v) is 6.98. The number of hydrogen-bond donors (Lipinski definition) is 1. The molecule has 1 N–H and O–H groups in total. The Morgan fingerprint density at radius 2 is 2.12 bits per heavy atom. The van der Waals surface area contributed by atoms with Crippen LogP contribution in [0.3, 0.4) is 0 Å². The van der Waals surface area contributed by atoms with Crippen LogP contribution >= 0.6 is 11.3 Å². The van der Waals surface area contributed by atoms with Gasteiger partial charge in [0.2, 0.25) is 0 Å². The second kappa shape index (κ2) is 4.00. The predicted octanol–water partition coefficient (Wildman–Crippen LogP) is 2.34. The van der Waals surface area contributed by atoms with E-state index >= 15 is 0 Å². The fourth-order valence-corrected chi connectivity index (χ4v) is 3.27. The molecule has 3 rings (SSSR count). The molecule has 0 aromatic carbocycles. The quantitative estimate of drug-likeness (QED) is 0.852. The highest BCUT2D eigenvalue weighted by Gasteiger charge is 2.32. The maximum absolute atomic E-state index is 4.86. The average molecular weight is 237 g/mol. The van der Waals surface area contributed by atoms with Crippen LogP contribution in [0.2, 0.25) is 0 Å². The number of nitrogens with zero attached hydrogens (tertiary/aromatic N) is 2. The van der Waals surface area contributed by atoms with E-state index in [0.29, 0.717) is 0 Å². The van der Waals surface area contributed by atoms with E-state index < -0.39 is 0 Å². The van der Waals surface area contributed by atoms with E-state index in [4.69, 9.17) is 4.98 Å². The zero-order chi connectivity index (χ0) is 11.1. The number of thiazole rings is 1. The molecule has 1 aromatic heterocycles. The summed E-state index contributed by atoms with van der Waals surface area (Å²) < 4.78 is 0. The Labute approximate surface area is 101 Å². The average Bonchev–Trinajstić information content (AvgIpc) is 3.16. The van der Waals surface area contributed by atoms with Crippen molar-refractivity contribution in [2.75, 3.05) is 19.0 Å². The van der Waals surface area contributed by atoms with Gasteiger partial charge in [0.05, 0.1) is 5.69 Å². The molecule has 0 atom stereocenters. The van der Waals surface area contributed by atoms with Gasteiger partial charge in [0.1, 0.15) is 0 Å².